The molecule has 0 spiro atoms. The van der Waals surface area contributed by atoms with E-state index < -0.39 is 12.0 Å². The van der Waals surface area contributed by atoms with Crippen LogP contribution in [0.2, 0.25) is 0 Å². The van der Waals surface area contributed by atoms with Crippen molar-refractivity contribution in [3.05, 3.63) is 120 Å². The normalized spacial score (nSPS) is 14.8. The van der Waals surface area contributed by atoms with Gasteiger partial charge in [-0.15, -0.1) is 0 Å². The van der Waals surface area contributed by atoms with Crippen LogP contribution in [0.5, 0.6) is 11.5 Å². The van der Waals surface area contributed by atoms with Gasteiger partial charge in [0.1, 0.15) is 24.1 Å². The number of benzene rings is 3. The Morgan fingerprint density at radius 2 is 1.86 bits per heavy atom. The Labute approximate surface area is 295 Å². The van der Waals surface area contributed by atoms with Crippen LogP contribution in [-0.4, -0.2) is 23.2 Å². The fraction of sp³-hybridized carbons (Fsp3) is 0.242. The van der Waals surface area contributed by atoms with Crippen molar-refractivity contribution in [3.63, 3.8) is 0 Å². The van der Waals surface area contributed by atoms with Crippen LogP contribution < -0.4 is 24.4 Å². The molecule has 0 fully saturated rings. The van der Waals surface area contributed by atoms with E-state index in [1.54, 1.807) is 18.4 Å². The van der Waals surface area contributed by atoms with Crippen LogP contribution in [0.4, 0.5) is 0 Å². The van der Waals surface area contributed by atoms with E-state index in [4.69, 9.17) is 19.2 Å². The van der Waals surface area contributed by atoms with Gasteiger partial charge in [-0.05, 0) is 115 Å². The molecular weight excluding hydrogens is 870 g/mol. The van der Waals surface area contributed by atoms with E-state index in [2.05, 4.69) is 61.1 Å². The number of para-hydroxylation sites is 1. The third kappa shape index (κ3) is 7.15. The van der Waals surface area contributed by atoms with Gasteiger partial charge in [-0.2, -0.15) is 0 Å². The molecule has 0 unspecified atom stereocenters. The zero-order chi connectivity index (χ0) is 31.5. The van der Waals surface area contributed by atoms with Crippen LogP contribution in [-0.2, 0) is 16.1 Å². The van der Waals surface area contributed by atoms with Gasteiger partial charge < -0.3 is 14.2 Å². The number of hydrogen-bond donors (Lipinski definition) is 0. The molecule has 0 aliphatic carbocycles. The third-order valence-corrected chi connectivity index (χ3v) is 9.65. The van der Waals surface area contributed by atoms with Crippen LogP contribution >= 0.6 is 72.4 Å². The number of nitrogens with zero attached hydrogens (tertiary/aromatic N) is 2. The molecule has 5 rings (SSSR count). The van der Waals surface area contributed by atoms with Crippen molar-refractivity contribution in [3.8, 4) is 11.5 Å². The Morgan fingerprint density at radius 3 is 2.57 bits per heavy atom. The molecule has 11 heteroatoms. The lowest BCUT2D eigenvalue weighted by Gasteiger charge is -2.26. The first-order valence-corrected chi connectivity index (χ1v) is 17.7. The summed E-state index contributed by atoms with van der Waals surface area (Å²) in [5.74, 6) is 0.771. The van der Waals surface area contributed by atoms with Crippen LogP contribution in [0.3, 0.4) is 0 Å². The molecule has 0 saturated heterocycles. The predicted octanol–water partition coefficient (Wildman–Crippen LogP) is 7.14. The van der Waals surface area contributed by atoms with E-state index in [-0.39, 0.29) is 18.3 Å². The Hall–Kier alpha value is -2.49. The molecule has 1 atom stereocenters. The molecule has 0 saturated carbocycles. The maximum absolute atomic E-state index is 14.3. The van der Waals surface area contributed by atoms with Gasteiger partial charge >= 0.3 is 5.97 Å². The summed E-state index contributed by atoms with van der Waals surface area (Å²) in [6.07, 6.45) is 1.74. The molecule has 44 heavy (non-hydrogen) atoms. The van der Waals surface area contributed by atoms with Gasteiger partial charge in [-0.3, -0.25) is 9.36 Å². The number of thiazole rings is 1. The average molecular weight is 899 g/mol. The van der Waals surface area contributed by atoms with E-state index in [1.165, 1.54) is 11.3 Å². The van der Waals surface area contributed by atoms with Crippen molar-refractivity contribution in [2.75, 3.05) is 6.61 Å². The van der Waals surface area contributed by atoms with Gasteiger partial charge in [0, 0.05) is 19.2 Å². The maximum Gasteiger partial charge on any atom is 0.338 e. The molecule has 0 bridgehead atoms. The monoisotopic (exact) mass is 898 g/mol. The van der Waals surface area contributed by atoms with Gasteiger partial charge in [0.15, 0.2) is 4.80 Å². The number of esters is 1. The lowest BCUT2D eigenvalue weighted by Crippen LogP contribution is -2.40. The van der Waals surface area contributed by atoms with Crippen molar-refractivity contribution >= 4 is 84.5 Å². The van der Waals surface area contributed by atoms with Crippen LogP contribution in [0.15, 0.2) is 86.2 Å². The van der Waals surface area contributed by atoms with E-state index in [9.17, 15) is 9.59 Å². The SMILES string of the molecule is CCOC(=O)C1=C(C)N=c2s/c(=C\c3cc(I)cc(I)c3OCc3ccc(Br)cc3)c(=O)n2[C@H]1c1ccccc1OC(C)C. The van der Waals surface area contributed by atoms with Crippen LogP contribution in [0, 0.1) is 7.14 Å². The van der Waals surface area contributed by atoms with Crippen LogP contribution in [0.1, 0.15) is 50.4 Å². The van der Waals surface area contributed by atoms with Gasteiger partial charge in [0.25, 0.3) is 5.56 Å². The van der Waals surface area contributed by atoms with E-state index in [1.807, 2.05) is 80.6 Å². The van der Waals surface area contributed by atoms with Crippen molar-refractivity contribution < 1.29 is 19.0 Å². The average Bonchev–Trinajstić information content (AvgIpc) is 3.26. The van der Waals surface area contributed by atoms with Crippen molar-refractivity contribution in [2.24, 2.45) is 4.99 Å². The topological polar surface area (TPSA) is 79.1 Å². The fourth-order valence-electron chi connectivity index (χ4n) is 4.87. The summed E-state index contributed by atoms with van der Waals surface area (Å²) in [5, 5.41) is 0. The molecule has 3 aromatic carbocycles. The molecule has 0 N–H and O–H groups in total. The number of fused-ring (bicyclic) bond motifs is 1. The number of carbonyl (C=O) groups is 1. The first kappa shape index (κ1) is 32.9. The van der Waals surface area contributed by atoms with Gasteiger partial charge in [-0.25, -0.2) is 9.79 Å². The Kier molecular flexibility index (Phi) is 10.7. The summed E-state index contributed by atoms with van der Waals surface area (Å²) in [5.41, 5.74) is 3.05. The standard InChI is InChI=1S/C33H29BrI2N2O5S/c1-5-41-32(40)28-19(4)37-33-38(29(28)24-8-6-7-9-26(24)43-18(2)3)31(39)27(44-33)15-21-14-23(35)16-25(36)30(21)42-17-20-10-12-22(34)13-11-20/h6-16,18,29H,5,17H2,1-4H3/b27-15-/t29-/m0/s1. The molecule has 228 valence electrons. The minimum Gasteiger partial charge on any atom is -0.491 e. The maximum atomic E-state index is 14.3. The highest BCUT2D eigenvalue weighted by atomic mass is 127. The summed E-state index contributed by atoms with van der Waals surface area (Å²) in [4.78, 5) is 32.8. The summed E-state index contributed by atoms with van der Waals surface area (Å²) in [6.45, 7) is 7.99. The first-order valence-electron chi connectivity index (χ1n) is 13.9. The second-order valence-electron chi connectivity index (χ2n) is 10.2. The van der Waals surface area contributed by atoms with Crippen LogP contribution in [0.25, 0.3) is 6.08 Å². The molecule has 0 amide bonds. The summed E-state index contributed by atoms with van der Waals surface area (Å²) in [7, 11) is 0. The smallest absolute Gasteiger partial charge is 0.338 e. The number of halogens is 3. The Bertz CT molecular complexity index is 1930. The van der Waals surface area contributed by atoms with Crippen molar-refractivity contribution in [1.82, 2.24) is 4.57 Å². The second kappa shape index (κ2) is 14.3. The minimum atomic E-state index is -0.772. The van der Waals surface area contributed by atoms with Gasteiger partial charge in [0.05, 0.1) is 32.1 Å². The van der Waals surface area contributed by atoms with E-state index >= 15 is 0 Å². The highest BCUT2D eigenvalue weighted by Crippen LogP contribution is 2.36. The molecule has 4 aromatic rings. The molecule has 1 aliphatic rings. The molecule has 1 aliphatic heterocycles. The molecule has 7 nitrogen and oxygen atoms in total. The zero-order valence-corrected chi connectivity index (χ0v) is 31.1. The highest BCUT2D eigenvalue weighted by molar-refractivity contribution is 14.1. The number of rotatable bonds is 9. The number of carbonyl (C=O) groups excluding carboxylic acids is 1. The highest BCUT2D eigenvalue weighted by Gasteiger charge is 2.35. The number of ether oxygens (including phenoxy) is 3. The largest absolute Gasteiger partial charge is 0.491 e. The minimum absolute atomic E-state index is 0.109. The first-order chi connectivity index (χ1) is 21.1. The lowest BCUT2D eigenvalue weighted by atomic mass is 9.95. The predicted molar refractivity (Wildman–Crippen MR) is 193 cm³/mol. The van der Waals surface area contributed by atoms with Crippen molar-refractivity contribution in [1.29, 1.82) is 0 Å². The number of aromatic nitrogens is 1. The van der Waals surface area contributed by atoms with E-state index in [0.29, 0.717) is 44.3 Å². The Morgan fingerprint density at radius 1 is 1.14 bits per heavy atom. The van der Waals surface area contributed by atoms with Crippen molar-refractivity contribution in [2.45, 2.75) is 46.4 Å². The molecule has 2 heterocycles. The number of hydrogen-bond acceptors (Lipinski definition) is 7. The second-order valence-corrected chi connectivity index (χ2v) is 14.6. The van der Waals surface area contributed by atoms with E-state index in [0.717, 1.165) is 22.7 Å². The summed E-state index contributed by atoms with van der Waals surface area (Å²) < 4.78 is 22.9. The fourth-order valence-corrected chi connectivity index (χ4v) is 8.22. The third-order valence-electron chi connectivity index (χ3n) is 6.71. The quantitative estimate of drug-likeness (QED) is 0.132. The molecule has 1 aromatic heterocycles. The van der Waals surface area contributed by atoms with Gasteiger partial charge in [0.2, 0.25) is 0 Å². The van der Waals surface area contributed by atoms with Gasteiger partial charge in [-0.1, -0.05) is 57.6 Å². The summed E-state index contributed by atoms with van der Waals surface area (Å²) >= 11 is 9.28. The lowest BCUT2D eigenvalue weighted by molar-refractivity contribution is -0.139. The number of allylic oxidation sites excluding steroid dienone is 1. The Balaban J connectivity index is 1.67. The molecular formula is C33H29BrI2N2O5S. The zero-order valence-electron chi connectivity index (χ0n) is 24.4. The molecule has 0 radical (unpaired) electrons. The summed E-state index contributed by atoms with van der Waals surface area (Å²) in [6, 6.07) is 18.7.